The zero-order chi connectivity index (χ0) is 50.2. The number of esters is 3. The fourth-order valence-corrected chi connectivity index (χ4v) is 4.15. The van der Waals surface area contributed by atoms with Crippen molar-refractivity contribution in [2.24, 2.45) is 4.99 Å². The number of amides is 1. The molecule has 0 saturated carbocycles. The van der Waals surface area contributed by atoms with Gasteiger partial charge in [0.05, 0.1) is 32.5 Å². The molecule has 1 aromatic carbocycles. The number of nitrogens with zero attached hydrogens (tertiary/aromatic N) is 2. The third-order valence-corrected chi connectivity index (χ3v) is 7.89. The number of ketones is 1. The van der Waals surface area contributed by atoms with E-state index in [1.54, 1.807) is 41.9 Å². The number of aliphatic imine (C=N–C) groups is 1. The number of benzene rings is 1. The number of rotatable bonds is 23. The van der Waals surface area contributed by atoms with Gasteiger partial charge in [0, 0.05) is 40.8 Å². The van der Waals surface area contributed by atoms with Crippen LogP contribution in [0.3, 0.4) is 0 Å². The fourth-order valence-electron chi connectivity index (χ4n) is 4.15. The minimum atomic E-state index is -0.965. The molecule has 376 valence electrons. The summed E-state index contributed by atoms with van der Waals surface area (Å²) in [5, 5.41) is 0. The molecule has 2 rings (SSSR count). The summed E-state index contributed by atoms with van der Waals surface area (Å²) < 4.78 is 58.8. The van der Waals surface area contributed by atoms with Crippen LogP contribution in [0.25, 0.3) is 0 Å². The Labute approximate surface area is 386 Å². The van der Waals surface area contributed by atoms with Crippen LogP contribution in [-0.2, 0) is 82.6 Å². The van der Waals surface area contributed by atoms with Crippen molar-refractivity contribution in [3.8, 4) is 0 Å². The number of ether oxygens (including phenoxy) is 12. The maximum absolute atomic E-state index is 11.5. The number of Topliss-reactive ketones (excluding diaryl/α,β-unsaturated/α-hetero) is 1. The highest BCUT2D eigenvalue weighted by molar-refractivity contribution is 5.84. The van der Waals surface area contributed by atoms with E-state index in [9.17, 15) is 28.8 Å². The van der Waals surface area contributed by atoms with Crippen LogP contribution in [0.2, 0.25) is 0 Å². The monoisotopic (exact) mass is 935 g/mol. The van der Waals surface area contributed by atoms with Crippen LogP contribution in [0.15, 0.2) is 35.3 Å². The quantitative estimate of drug-likeness (QED) is 0.0650. The molecule has 0 aliphatic carbocycles. The molecule has 0 bridgehead atoms. The number of carbonyl (C=O) groups excluding carboxylic acids is 6. The predicted molar refractivity (Wildman–Crippen MR) is 240 cm³/mol. The summed E-state index contributed by atoms with van der Waals surface area (Å²) >= 11 is 0. The van der Waals surface area contributed by atoms with E-state index in [-0.39, 0.29) is 56.4 Å². The van der Waals surface area contributed by atoms with Gasteiger partial charge < -0.3 is 61.7 Å². The summed E-state index contributed by atoms with van der Waals surface area (Å²) in [6, 6.07) is 9.19. The first-order valence-electron chi connectivity index (χ1n) is 21.6. The summed E-state index contributed by atoms with van der Waals surface area (Å²) in [4.78, 5) is 72.1. The van der Waals surface area contributed by atoms with E-state index < -0.39 is 36.4 Å². The molecule has 20 nitrogen and oxygen atoms in total. The lowest BCUT2D eigenvalue weighted by molar-refractivity contribution is -0.154. The van der Waals surface area contributed by atoms with Crippen molar-refractivity contribution in [3.63, 3.8) is 0 Å². The zero-order valence-electron chi connectivity index (χ0n) is 41.4. The molecule has 0 N–H and O–H groups in total. The van der Waals surface area contributed by atoms with Gasteiger partial charge in [-0.1, -0.05) is 44.2 Å². The minimum absolute atomic E-state index is 0.0204. The third-order valence-electron chi connectivity index (χ3n) is 7.89. The minimum Gasteiger partial charge on any atom is -0.476 e. The molecule has 20 heteroatoms. The molecule has 0 radical (unpaired) electrons. The largest absolute Gasteiger partial charge is 0.509 e. The van der Waals surface area contributed by atoms with E-state index in [4.69, 9.17) is 52.1 Å². The Bertz CT molecular complexity index is 1440. The van der Waals surface area contributed by atoms with Gasteiger partial charge in [-0.05, 0) is 81.2 Å². The van der Waals surface area contributed by atoms with E-state index in [1.807, 2.05) is 65.0 Å². The Balaban J connectivity index is -0.000000758. The van der Waals surface area contributed by atoms with Crippen LogP contribution < -0.4 is 0 Å². The van der Waals surface area contributed by atoms with E-state index in [0.29, 0.717) is 51.8 Å². The lowest BCUT2D eigenvalue weighted by atomic mass is 10.2. The SMILES string of the molecule is CCC(=O)OC(C)C1=NCCO1.CCCOC(=O)C(C)OC(=O)N(CC)CC.CCOC(=O)C(C)OC(=O)OCc1ccccc1.COCC(C)OC(C)OC.COCOC(C)C(C)=O. The van der Waals surface area contributed by atoms with Gasteiger partial charge in [0.15, 0.2) is 30.4 Å². The van der Waals surface area contributed by atoms with Crippen LogP contribution in [0.5, 0.6) is 0 Å². The lowest BCUT2D eigenvalue weighted by Gasteiger charge is -2.20. The van der Waals surface area contributed by atoms with Crippen LogP contribution in [0.4, 0.5) is 9.59 Å². The molecule has 6 atom stereocenters. The predicted octanol–water partition coefficient (Wildman–Crippen LogP) is 6.47. The topological polar surface area (TPSA) is 229 Å². The summed E-state index contributed by atoms with van der Waals surface area (Å²) in [5.41, 5.74) is 0.846. The molecule has 1 heterocycles. The number of hydrogen-bond acceptors (Lipinski definition) is 19. The molecule has 0 spiro atoms. The molecule has 6 unspecified atom stereocenters. The standard InChI is InChI=1S/C13H16O5.C11H21NO4.C8H13NO3.C7H16O3.C6H12O3/c1-3-16-12(14)10(2)18-13(15)17-9-11-7-5-4-6-8-11;1-5-8-15-10(13)9(4)16-11(14)12(6-2)7-3;1-3-7(10)12-6(2)8-9-4-5-11-8;1-6(5-8-3)10-7(2)9-4;1-5(7)6(2)9-4-8-3/h4-8,10H,3,9H2,1-2H3;9H,5-8H2,1-4H3;6H,3-5H2,1-2H3;6-7H,5H2,1-4H3;6H,4H2,1-3H3. The molecule has 1 aromatic rings. The molecule has 1 amide bonds. The maximum atomic E-state index is 11.5. The van der Waals surface area contributed by atoms with Gasteiger partial charge in [0.25, 0.3) is 0 Å². The lowest BCUT2D eigenvalue weighted by Crippen LogP contribution is -2.36. The van der Waals surface area contributed by atoms with Gasteiger partial charge in [-0.15, -0.1) is 0 Å². The van der Waals surface area contributed by atoms with Crippen molar-refractivity contribution in [1.29, 1.82) is 0 Å². The Kier molecular flexibility index (Phi) is 41.4. The second-order valence-electron chi connectivity index (χ2n) is 13.5. The highest BCUT2D eigenvalue weighted by atomic mass is 16.7. The van der Waals surface area contributed by atoms with Crippen molar-refractivity contribution in [2.45, 2.75) is 139 Å². The highest BCUT2D eigenvalue weighted by Crippen LogP contribution is 2.06. The fraction of sp³-hybridized carbons (Fsp3) is 0.711. The van der Waals surface area contributed by atoms with Gasteiger partial charge in [-0.3, -0.25) is 9.59 Å². The molecule has 0 fully saturated rings. The van der Waals surface area contributed by atoms with Gasteiger partial charge in [0.2, 0.25) is 5.90 Å². The van der Waals surface area contributed by atoms with E-state index in [0.717, 1.165) is 12.0 Å². The second-order valence-corrected chi connectivity index (χ2v) is 13.5. The summed E-state index contributed by atoms with van der Waals surface area (Å²) in [6.07, 6.45) is -2.77. The van der Waals surface area contributed by atoms with Gasteiger partial charge >= 0.3 is 30.2 Å². The summed E-state index contributed by atoms with van der Waals surface area (Å²) in [6.45, 7) is 24.6. The van der Waals surface area contributed by atoms with E-state index in [2.05, 4.69) is 9.73 Å². The first-order valence-corrected chi connectivity index (χ1v) is 21.6. The number of hydrogen-bond donors (Lipinski definition) is 0. The smallest absolute Gasteiger partial charge is 0.476 e. The molecule has 0 saturated heterocycles. The van der Waals surface area contributed by atoms with Crippen molar-refractivity contribution >= 4 is 41.8 Å². The van der Waals surface area contributed by atoms with Crippen LogP contribution >= 0.6 is 0 Å². The highest BCUT2D eigenvalue weighted by Gasteiger charge is 2.22. The Morgan fingerprint density at radius 1 is 0.754 bits per heavy atom. The van der Waals surface area contributed by atoms with Crippen molar-refractivity contribution < 1.29 is 85.6 Å². The normalized spacial score (nSPS) is 13.8. The molecule has 65 heavy (non-hydrogen) atoms. The Hall–Kier alpha value is -4.89. The Morgan fingerprint density at radius 2 is 1.35 bits per heavy atom. The first kappa shape index (κ1) is 64.4. The van der Waals surface area contributed by atoms with Crippen molar-refractivity contribution in [1.82, 2.24) is 4.90 Å². The Morgan fingerprint density at radius 3 is 1.83 bits per heavy atom. The zero-order valence-corrected chi connectivity index (χ0v) is 41.4. The first-order chi connectivity index (χ1) is 30.8. The van der Waals surface area contributed by atoms with Crippen molar-refractivity contribution in [2.75, 3.05) is 74.2 Å². The summed E-state index contributed by atoms with van der Waals surface area (Å²) in [7, 11) is 4.79. The average molecular weight is 935 g/mol. The van der Waals surface area contributed by atoms with Crippen LogP contribution in [-0.4, -0.2) is 158 Å². The number of methoxy groups -OCH3 is 3. The molecule has 1 aliphatic rings. The number of carbonyl (C=O) groups is 6. The van der Waals surface area contributed by atoms with Gasteiger partial charge in [-0.2, -0.15) is 0 Å². The van der Waals surface area contributed by atoms with Gasteiger partial charge in [0.1, 0.15) is 26.1 Å². The van der Waals surface area contributed by atoms with Crippen LogP contribution in [0, 0.1) is 0 Å². The molecular formula is C45H78N2O18. The van der Waals surface area contributed by atoms with Crippen molar-refractivity contribution in [3.05, 3.63) is 35.9 Å². The summed E-state index contributed by atoms with van der Waals surface area (Å²) in [5.74, 6) is -0.749. The second kappa shape index (κ2) is 41.8. The van der Waals surface area contributed by atoms with E-state index in [1.165, 1.54) is 32.8 Å². The average Bonchev–Trinajstić information content (AvgIpc) is 3.84. The van der Waals surface area contributed by atoms with Crippen LogP contribution in [0.1, 0.15) is 101 Å². The van der Waals surface area contributed by atoms with Gasteiger partial charge in [-0.25, -0.2) is 24.2 Å². The van der Waals surface area contributed by atoms with E-state index >= 15 is 0 Å². The maximum Gasteiger partial charge on any atom is 0.509 e. The molecule has 1 aliphatic heterocycles. The third kappa shape index (κ3) is 36.1. The molecule has 0 aromatic heterocycles. The molecular weight excluding hydrogens is 856 g/mol.